The first kappa shape index (κ1) is 15.8. The average molecular weight is 299 g/mol. The van der Waals surface area contributed by atoms with Gasteiger partial charge in [-0.3, -0.25) is 0 Å². The van der Waals surface area contributed by atoms with Gasteiger partial charge in [-0.2, -0.15) is 0 Å². The molecular weight excluding hydrogens is 283 g/mol. The van der Waals surface area contributed by atoms with Gasteiger partial charge in [-0.25, -0.2) is 0 Å². The zero-order chi connectivity index (χ0) is 3.54. The van der Waals surface area contributed by atoms with E-state index < -0.39 is 0 Å². The van der Waals surface area contributed by atoms with Crippen LogP contribution in [0.15, 0.2) is 0 Å². The summed E-state index contributed by atoms with van der Waals surface area (Å²) in [7, 11) is 0. The van der Waals surface area contributed by atoms with E-state index in [0.717, 1.165) is 0 Å². The number of hydrogen-bond donors (Lipinski definition) is 2. The Labute approximate surface area is 65.9 Å². The molecule has 1 rings (SSSR count). The Bertz CT molecular complexity index is 22.0. The third-order valence-corrected chi connectivity index (χ3v) is 1.25. The predicted molar refractivity (Wildman–Crippen MR) is 33.1 cm³/mol. The Morgan fingerprint density at radius 1 is 0.500 bits per heavy atom. The Balaban J connectivity index is -0.0000000833. The van der Waals surface area contributed by atoms with E-state index in [2.05, 4.69) is 0 Å². The van der Waals surface area contributed by atoms with E-state index >= 15 is 0 Å². The van der Waals surface area contributed by atoms with Gasteiger partial charge in [0.25, 0.3) is 0 Å². The van der Waals surface area contributed by atoms with Crippen LogP contribution in [-0.4, -0.2) is 0 Å². The van der Waals surface area contributed by atoms with E-state index in [1.54, 1.807) is 0 Å². The quantitative estimate of drug-likeness (QED) is 0.720. The second-order valence-electron chi connectivity index (χ2n) is 1.77. The summed E-state index contributed by atoms with van der Waals surface area (Å²) in [6.07, 6.45) is 7.50. The molecule has 1 fully saturated rings. The predicted octanol–water partition coefficient (Wildman–Crippen LogP) is 2.27. The molecule has 8 heavy (non-hydrogen) atoms. The first-order valence-electron chi connectivity index (χ1n) is 2.50. The summed E-state index contributed by atoms with van der Waals surface area (Å²) in [6.45, 7) is 0. The second kappa shape index (κ2) is 10.6. The van der Waals surface area contributed by atoms with Crippen LogP contribution in [0.25, 0.3) is 0 Å². The third kappa shape index (κ3) is 6.61. The Morgan fingerprint density at radius 3 is 0.750 bits per heavy atom. The molecule has 1 aliphatic carbocycles. The Hall–Kier alpha value is 0.608. The molecule has 1 saturated carbocycles. The monoisotopic (exact) mass is 299 g/mol. The minimum absolute atomic E-state index is 0. The fourth-order valence-electron chi connectivity index (χ4n) is 0.884. The molecule has 0 heterocycles. The van der Waals surface area contributed by atoms with E-state index in [4.69, 9.17) is 0 Å². The molecule has 0 aromatic rings. The average Bonchev–Trinajstić information content (AvgIpc) is 1.76. The van der Waals surface area contributed by atoms with Gasteiger partial charge >= 0.3 is 0 Å². The minimum Gasteiger partial charge on any atom is -0.344 e. The van der Waals surface area contributed by atoms with Crippen molar-refractivity contribution in [1.82, 2.24) is 12.3 Å². The molecule has 0 amide bonds. The van der Waals surface area contributed by atoms with Gasteiger partial charge in [-0.1, -0.05) is 32.1 Å². The molecule has 6 N–H and O–H groups in total. The zero-order valence-corrected chi connectivity index (χ0v) is 7.54. The molecule has 0 radical (unpaired) electrons. The van der Waals surface area contributed by atoms with Crippen LogP contribution in [0, 0.1) is 0 Å². The Kier molecular flexibility index (Phi) is 20.9. The topological polar surface area (TPSA) is 70.0 Å². The molecule has 0 aromatic carbocycles. The molecule has 0 unspecified atom stereocenters. The molecule has 0 spiro atoms. The van der Waals surface area contributed by atoms with E-state index in [9.17, 15) is 0 Å². The van der Waals surface area contributed by atoms with Crippen LogP contribution >= 0.6 is 0 Å². The van der Waals surface area contributed by atoms with Gasteiger partial charge in [-0.05, 0) is 0 Å². The van der Waals surface area contributed by atoms with Crippen LogP contribution in [0.4, 0.5) is 0 Å². The maximum Gasteiger partial charge on any atom is 0 e. The fourth-order valence-corrected chi connectivity index (χ4v) is 0.884. The third-order valence-electron chi connectivity index (χ3n) is 1.25. The van der Waals surface area contributed by atoms with Gasteiger partial charge in [0, 0.05) is 21.1 Å². The SMILES string of the molecule is C1CCCC1.N.N.[Pt]. The van der Waals surface area contributed by atoms with Crippen LogP contribution in [0.1, 0.15) is 32.1 Å². The minimum atomic E-state index is 0. The van der Waals surface area contributed by atoms with Crippen molar-refractivity contribution in [2.24, 2.45) is 0 Å². The van der Waals surface area contributed by atoms with Crippen molar-refractivity contribution in [2.45, 2.75) is 32.1 Å². The van der Waals surface area contributed by atoms with Gasteiger partial charge in [0.2, 0.25) is 0 Å². The van der Waals surface area contributed by atoms with Gasteiger partial charge in [0.15, 0.2) is 0 Å². The van der Waals surface area contributed by atoms with Gasteiger partial charge in [-0.15, -0.1) is 0 Å². The van der Waals surface area contributed by atoms with Crippen LogP contribution in [0.5, 0.6) is 0 Å². The van der Waals surface area contributed by atoms with E-state index in [-0.39, 0.29) is 33.4 Å². The van der Waals surface area contributed by atoms with Crippen molar-refractivity contribution in [1.29, 1.82) is 0 Å². The molecule has 1 aliphatic rings. The normalized spacial score (nSPS) is 15.0. The van der Waals surface area contributed by atoms with Crippen LogP contribution in [-0.2, 0) is 21.1 Å². The first-order valence-corrected chi connectivity index (χ1v) is 2.50. The summed E-state index contributed by atoms with van der Waals surface area (Å²) in [5, 5.41) is 0. The summed E-state index contributed by atoms with van der Waals surface area (Å²) in [5.41, 5.74) is 0. The summed E-state index contributed by atoms with van der Waals surface area (Å²) in [4.78, 5) is 0. The van der Waals surface area contributed by atoms with Crippen molar-refractivity contribution in [3.05, 3.63) is 0 Å². The van der Waals surface area contributed by atoms with Gasteiger partial charge in [0.05, 0.1) is 0 Å². The molecule has 0 saturated heterocycles. The largest absolute Gasteiger partial charge is 0.344 e. The second-order valence-corrected chi connectivity index (χ2v) is 1.77. The van der Waals surface area contributed by atoms with Crippen molar-refractivity contribution in [3.63, 3.8) is 0 Å². The fraction of sp³-hybridized carbons (Fsp3) is 1.00. The maximum atomic E-state index is 1.50. The van der Waals surface area contributed by atoms with E-state index in [0.29, 0.717) is 0 Å². The molecule has 0 aliphatic heterocycles. The Morgan fingerprint density at radius 2 is 0.625 bits per heavy atom. The molecule has 3 heteroatoms. The van der Waals surface area contributed by atoms with Crippen LogP contribution < -0.4 is 12.3 Å². The zero-order valence-electron chi connectivity index (χ0n) is 5.27. The van der Waals surface area contributed by atoms with Crippen molar-refractivity contribution >= 4 is 0 Å². The van der Waals surface area contributed by atoms with Crippen molar-refractivity contribution in [2.75, 3.05) is 0 Å². The van der Waals surface area contributed by atoms with Gasteiger partial charge in [0.1, 0.15) is 0 Å². The number of rotatable bonds is 0. The summed E-state index contributed by atoms with van der Waals surface area (Å²) >= 11 is 0. The maximum absolute atomic E-state index is 1.50. The van der Waals surface area contributed by atoms with Gasteiger partial charge < -0.3 is 12.3 Å². The summed E-state index contributed by atoms with van der Waals surface area (Å²) in [5.74, 6) is 0. The van der Waals surface area contributed by atoms with Crippen molar-refractivity contribution < 1.29 is 21.1 Å². The number of hydrogen-bond acceptors (Lipinski definition) is 2. The molecule has 0 aromatic heterocycles. The summed E-state index contributed by atoms with van der Waals surface area (Å²) < 4.78 is 0. The van der Waals surface area contributed by atoms with E-state index in [1.807, 2.05) is 0 Å². The standard InChI is InChI=1S/C5H10.2H3N.Pt/c1-2-4-5-3-1;;;/h1-5H2;2*1H3;. The molecule has 0 bridgehead atoms. The first-order chi connectivity index (χ1) is 2.50. The van der Waals surface area contributed by atoms with Crippen molar-refractivity contribution in [3.8, 4) is 0 Å². The summed E-state index contributed by atoms with van der Waals surface area (Å²) in [6, 6.07) is 0. The molecule has 2 nitrogen and oxygen atoms in total. The van der Waals surface area contributed by atoms with E-state index in [1.165, 1.54) is 32.1 Å². The molecule has 56 valence electrons. The van der Waals surface area contributed by atoms with Crippen LogP contribution in [0.3, 0.4) is 0 Å². The smallest absolute Gasteiger partial charge is 0 e. The molecular formula is C5H16N2Pt. The van der Waals surface area contributed by atoms with Crippen LogP contribution in [0.2, 0.25) is 0 Å². The molecule has 0 atom stereocenters.